The molecule has 174 valence electrons. The van der Waals surface area contributed by atoms with Crippen LogP contribution in [-0.2, 0) is 14.3 Å². The smallest absolute Gasteiger partial charge is 0.322 e. The molecular formula is C23H24ClFN4O4. The third-order valence-corrected chi connectivity index (χ3v) is 6.10. The van der Waals surface area contributed by atoms with Gasteiger partial charge in [-0.25, -0.2) is 9.18 Å². The van der Waals surface area contributed by atoms with Gasteiger partial charge in [-0.1, -0.05) is 11.6 Å². The molecule has 4 rings (SSSR count). The van der Waals surface area contributed by atoms with Crippen LogP contribution in [0.5, 0.6) is 0 Å². The molecule has 2 unspecified atom stereocenters. The van der Waals surface area contributed by atoms with Gasteiger partial charge in [0.25, 0.3) is 0 Å². The van der Waals surface area contributed by atoms with Crippen molar-refractivity contribution in [2.24, 2.45) is 0 Å². The first kappa shape index (κ1) is 23.0. The van der Waals surface area contributed by atoms with E-state index in [1.807, 2.05) is 0 Å². The van der Waals surface area contributed by atoms with Crippen LogP contribution >= 0.6 is 11.6 Å². The molecule has 0 bridgehead atoms. The maximum atomic E-state index is 14.7. The van der Waals surface area contributed by atoms with E-state index < -0.39 is 23.8 Å². The number of likely N-dealkylation sites (tertiary alicyclic amines) is 1. The Morgan fingerprint density at radius 3 is 2.55 bits per heavy atom. The van der Waals surface area contributed by atoms with Crippen LogP contribution in [0.3, 0.4) is 0 Å². The number of hydrogen-bond acceptors (Lipinski definition) is 4. The summed E-state index contributed by atoms with van der Waals surface area (Å²) in [4.78, 5) is 40.6. The molecule has 0 saturated carbocycles. The molecular weight excluding hydrogens is 451 g/mol. The number of halogens is 2. The van der Waals surface area contributed by atoms with Crippen molar-refractivity contribution in [3.05, 3.63) is 53.3 Å². The summed E-state index contributed by atoms with van der Waals surface area (Å²) in [5.74, 6) is -1.23. The average molecular weight is 475 g/mol. The Morgan fingerprint density at radius 2 is 1.91 bits per heavy atom. The van der Waals surface area contributed by atoms with Crippen LogP contribution in [0, 0.1) is 5.82 Å². The molecule has 2 saturated heterocycles. The van der Waals surface area contributed by atoms with Crippen molar-refractivity contribution in [2.45, 2.75) is 31.4 Å². The van der Waals surface area contributed by atoms with Gasteiger partial charge in [-0.05, 0) is 48.9 Å². The zero-order valence-corrected chi connectivity index (χ0v) is 18.8. The van der Waals surface area contributed by atoms with Crippen LogP contribution in [-0.4, -0.2) is 55.1 Å². The Bertz CT molecular complexity index is 1060. The lowest BCUT2D eigenvalue weighted by Gasteiger charge is -2.24. The minimum absolute atomic E-state index is 0.0191. The van der Waals surface area contributed by atoms with Gasteiger partial charge < -0.3 is 25.2 Å². The maximum absolute atomic E-state index is 14.7. The number of anilines is 3. The molecule has 0 spiro atoms. The molecule has 2 aliphatic rings. The van der Waals surface area contributed by atoms with Crippen molar-refractivity contribution in [1.82, 2.24) is 4.90 Å². The number of carbonyl (C=O) groups excluding carboxylic acids is 3. The first-order chi connectivity index (χ1) is 15.9. The Hall–Kier alpha value is -3.17. The van der Waals surface area contributed by atoms with E-state index in [0.717, 1.165) is 6.42 Å². The molecule has 2 heterocycles. The molecule has 0 radical (unpaired) electrons. The zero-order valence-electron chi connectivity index (χ0n) is 18.0. The molecule has 0 aromatic heterocycles. The van der Waals surface area contributed by atoms with Crippen molar-refractivity contribution in [2.75, 3.05) is 35.7 Å². The van der Waals surface area contributed by atoms with Gasteiger partial charge in [0.2, 0.25) is 11.8 Å². The second kappa shape index (κ2) is 9.76. The summed E-state index contributed by atoms with van der Waals surface area (Å²) in [7, 11) is 1.51. The summed E-state index contributed by atoms with van der Waals surface area (Å²) >= 11 is 5.88. The van der Waals surface area contributed by atoms with E-state index in [4.69, 9.17) is 16.3 Å². The van der Waals surface area contributed by atoms with E-state index in [-0.39, 0.29) is 30.7 Å². The number of rotatable bonds is 5. The van der Waals surface area contributed by atoms with Gasteiger partial charge in [0.15, 0.2) is 0 Å². The third kappa shape index (κ3) is 5.09. The summed E-state index contributed by atoms with van der Waals surface area (Å²) in [6.07, 6.45) is 1.12. The standard InChI is InChI=1S/C23H24ClFN4O4/c1-33-17-12-20(29(13-17)23(32)26-15-6-4-14(24)5-7-15)22(31)27-19-9-8-16(11-18(19)25)28-10-2-3-21(28)30/h4-9,11,17,20H,2-3,10,12-13H2,1H3,(H,26,32)(H,27,31). The molecule has 4 amide bonds. The van der Waals surface area contributed by atoms with E-state index in [2.05, 4.69) is 10.6 Å². The Labute approximate surface area is 195 Å². The predicted molar refractivity (Wildman–Crippen MR) is 123 cm³/mol. The number of ether oxygens (including phenoxy) is 1. The van der Waals surface area contributed by atoms with E-state index in [1.54, 1.807) is 30.3 Å². The SMILES string of the molecule is COC1CC(C(=O)Nc2ccc(N3CCCC3=O)cc2F)N(C(=O)Nc2ccc(Cl)cc2)C1. The van der Waals surface area contributed by atoms with Crippen molar-refractivity contribution in [3.63, 3.8) is 0 Å². The minimum atomic E-state index is -0.846. The number of nitrogens with zero attached hydrogens (tertiary/aromatic N) is 2. The number of carbonyl (C=O) groups is 3. The second-order valence-corrected chi connectivity index (χ2v) is 8.44. The van der Waals surface area contributed by atoms with Gasteiger partial charge in [0.1, 0.15) is 11.9 Å². The summed E-state index contributed by atoms with van der Waals surface area (Å²) in [5.41, 5.74) is 0.967. The van der Waals surface area contributed by atoms with Crippen molar-refractivity contribution >= 4 is 46.5 Å². The third-order valence-electron chi connectivity index (χ3n) is 5.85. The largest absolute Gasteiger partial charge is 0.380 e. The molecule has 33 heavy (non-hydrogen) atoms. The highest BCUT2D eigenvalue weighted by atomic mass is 35.5. The number of amides is 4. The van der Waals surface area contributed by atoms with E-state index in [1.165, 1.54) is 29.0 Å². The molecule has 8 nitrogen and oxygen atoms in total. The summed E-state index contributed by atoms with van der Waals surface area (Å²) < 4.78 is 20.1. The van der Waals surface area contributed by atoms with Crippen LogP contribution in [0.4, 0.5) is 26.2 Å². The van der Waals surface area contributed by atoms with Gasteiger partial charge in [-0.2, -0.15) is 0 Å². The highest BCUT2D eigenvalue weighted by molar-refractivity contribution is 6.30. The Morgan fingerprint density at radius 1 is 1.15 bits per heavy atom. The predicted octanol–water partition coefficient (Wildman–Crippen LogP) is 3.87. The Kier molecular flexibility index (Phi) is 6.80. The topological polar surface area (TPSA) is 91.0 Å². The molecule has 2 aromatic rings. The fourth-order valence-electron chi connectivity index (χ4n) is 4.08. The van der Waals surface area contributed by atoms with Crippen molar-refractivity contribution in [1.29, 1.82) is 0 Å². The molecule has 2 aliphatic heterocycles. The van der Waals surface area contributed by atoms with Gasteiger partial charge in [-0.3, -0.25) is 9.59 Å². The van der Waals surface area contributed by atoms with Crippen LogP contribution < -0.4 is 15.5 Å². The maximum Gasteiger partial charge on any atom is 0.322 e. The zero-order chi connectivity index (χ0) is 23.5. The molecule has 10 heteroatoms. The monoisotopic (exact) mass is 474 g/mol. The molecule has 2 N–H and O–H groups in total. The van der Waals surface area contributed by atoms with Crippen LogP contribution in [0.1, 0.15) is 19.3 Å². The number of benzene rings is 2. The van der Waals surface area contributed by atoms with E-state index >= 15 is 0 Å². The quantitative estimate of drug-likeness (QED) is 0.688. The van der Waals surface area contributed by atoms with Crippen LogP contribution in [0.15, 0.2) is 42.5 Å². The first-order valence-corrected chi connectivity index (χ1v) is 11.0. The minimum Gasteiger partial charge on any atom is -0.380 e. The number of hydrogen-bond donors (Lipinski definition) is 2. The second-order valence-electron chi connectivity index (χ2n) is 8.00. The molecule has 2 atom stereocenters. The van der Waals surface area contributed by atoms with E-state index in [9.17, 15) is 18.8 Å². The van der Waals surface area contributed by atoms with Gasteiger partial charge in [0.05, 0.1) is 11.8 Å². The highest BCUT2D eigenvalue weighted by Crippen LogP contribution is 2.28. The number of methoxy groups -OCH3 is 1. The fourth-order valence-corrected chi connectivity index (χ4v) is 4.21. The van der Waals surface area contributed by atoms with E-state index in [0.29, 0.717) is 29.4 Å². The lowest BCUT2D eigenvalue weighted by atomic mass is 10.1. The van der Waals surface area contributed by atoms with Gasteiger partial charge in [-0.15, -0.1) is 0 Å². The molecule has 2 aromatic carbocycles. The molecule has 2 fully saturated rings. The lowest BCUT2D eigenvalue weighted by Crippen LogP contribution is -2.45. The number of urea groups is 1. The fraction of sp³-hybridized carbons (Fsp3) is 0.348. The van der Waals surface area contributed by atoms with Gasteiger partial charge in [0, 0.05) is 49.4 Å². The van der Waals surface area contributed by atoms with Crippen LogP contribution in [0.25, 0.3) is 0 Å². The summed E-state index contributed by atoms with van der Waals surface area (Å²) in [5, 5.41) is 5.85. The Balaban J connectivity index is 1.46. The van der Waals surface area contributed by atoms with Crippen molar-refractivity contribution in [3.8, 4) is 0 Å². The number of nitrogens with one attached hydrogen (secondary N) is 2. The summed E-state index contributed by atoms with van der Waals surface area (Å²) in [6, 6.07) is 9.53. The normalized spacial score (nSPS) is 20.3. The summed E-state index contributed by atoms with van der Waals surface area (Å²) in [6.45, 7) is 0.759. The lowest BCUT2D eigenvalue weighted by molar-refractivity contribution is -0.119. The van der Waals surface area contributed by atoms with Crippen molar-refractivity contribution < 1.29 is 23.5 Å². The average Bonchev–Trinajstić information content (AvgIpc) is 3.43. The van der Waals surface area contributed by atoms with Crippen LogP contribution in [0.2, 0.25) is 5.02 Å². The first-order valence-electron chi connectivity index (χ1n) is 10.6. The van der Waals surface area contributed by atoms with Gasteiger partial charge >= 0.3 is 6.03 Å². The molecule has 0 aliphatic carbocycles. The highest BCUT2D eigenvalue weighted by Gasteiger charge is 2.40.